The van der Waals surface area contributed by atoms with Gasteiger partial charge in [-0.2, -0.15) is 3.11 Å². The predicted molar refractivity (Wildman–Crippen MR) is 50.5 cm³/mol. The molecule has 0 radical (unpaired) electrons. The summed E-state index contributed by atoms with van der Waals surface area (Å²) in [6.07, 6.45) is 0. The van der Waals surface area contributed by atoms with Gasteiger partial charge in [0.1, 0.15) is 6.61 Å². The second kappa shape index (κ2) is 5.07. The van der Waals surface area contributed by atoms with Gasteiger partial charge in [-0.15, -0.1) is 0 Å². The molecular weight excluding hydrogens is 366 g/mol. The van der Waals surface area contributed by atoms with E-state index in [2.05, 4.69) is 3.53 Å². The van der Waals surface area contributed by atoms with Gasteiger partial charge < -0.3 is 5.11 Å². The van der Waals surface area contributed by atoms with Crippen LogP contribution in [-0.2, 0) is 4.79 Å². The summed E-state index contributed by atoms with van der Waals surface area (Å²) in [4.78, 5) is 21.1. The topological polar surface area (TPSA) is 69.6 Å². The van der Waals surface area contributed by atoms with Crippen LogP contribution in [0.4, 0.5) is 4.79 Å². The molecule has 0 spiro atoms. The highest BCUT2D eigenvalue weighted by atomic mass is 127. The summed E-state index contributed by atoms with van der Waals surface area (Å²) in [5.41, 5.74) is 0. The minimum atomic E-state index is -0.660. The first kappa shape index (κ1) is 10.4. The number of rotatable bonds is 1. The third-order valence-electron chi connectivity index (χ3n) is 0.613. The van der Waals surface area contributed by atoms with Crippen molar-refractivity contribution in [1.82, 2.24) is 6.64 Å². The average Bonchev–Trinajstić information content (AvgIpc) is 2.00. The molecule has 0 aliphatic rings. The monoisotopic (exact) mass is 370 g/mol. The summed E-state index contributed by atoms with van der Waals surface area (Å²) in [5, 5.41) is 8.27. The van der Waals surface area contributed by atoms with E-state index in [1.54, 1.807) is 22.9 Å². The molecule has 0 saturated carbocycles. The lowest BCUT2D eigenvalue weighted by Gasteiger charge is -2.08. The van der Waals surface area contributed by atoms with E-state index in [0.717, 1.165) is 3.11 Å². The van der Waals surface area contributed by atoms with Gasteiger partial charge in [0.05, 0.1) is 45.7 Å². The van der Waals surface area contributed by atoms with Crippen molar-refractivity contribution in [1.29, 1.82) is 0 Å². The van der Waals surface area contributed by atoms with E-state index in [0.29, 0.717) is 0 Å². The van der Waals surface area contributed by atoms with E-state index in [1.165, 1.54) is 22.9 Å². The number of halogens is 2. The van der Waals surface area contributed by atoms with E-state index in [4.69, 9.17) is 5.11 Å². The number of nitrogens with one attached hydrogen (secondary N) is 1. The van der Waals surface area contributed by atoms with Gasteiger partial charge in [-0.3, -0.25) is 8.32 Å². The van der Waals surface area contributed by atoms with Crippen molar-refractivity contribution in [3.05, 3.63) is 0 Å². The normalized spacial score (nSPS) is 8.70. The highest BCUT2D eigenvalue weighted by molar-refractivity contribution is 14.1. The molecule has 2 N–H and O–H groups in total. The molecule has 58 valence electrons. The minimum Gasteiger partial charge on any atom is -0.386 e. The second-order valence-electron chi connectivity index (χ2n) is 1.23. The van der Waals surface area contributed by atoms with Gasteiger partial charge in [0.25, 0.3) is 5.91 Å². The highest BCUT2D eigenvalue weighted by Crippen LogP contribution is 2.00. The van der Waals surface area contributed by atoms with Crippen LogP contribution in [0.5, 0.6) is 0 Å². The van der Waals surface area contributed by atoms with Crippen LogP contribution in [0, 0.1) is 0 Å². The van der Waals surface area contributed by atoms with Gasteiger partial charge in [-0.1, -0.05) is 0 Å². The average molecular weight is 370 g/mol. The lowest BCUT2D eigenvalue weighted by atomic mass is 10.6. The van der Waals surface area contributed by atoms with Crippen molar-refractivity contribution in [3.8, 4) is 0 Å². The maximum absolute atomic E-state index is 10.6. The fourth-order valence-corrected chi connectivity index (χ4v) is 1.19. The third-order valence-corrected chi connectivity index (χ3v) is 2.05. The number of amides is 3. The number of nitrogens with zero attached hydrogens (tertiary/aromatic N) is 1. The molecule has 0 aliphatic carbocycles. The molecule has 0 atom stereocenters. The summed E-state index contributed by atoms with van der Waals surface area (Å²) in [7, 11) is 0. The molecule has 0 rings (SSSR count). The van der Waals surface area contributed by atoms with Gasteiger partial charge in [0.15, 0.2) is 0 Å². The van der Waals surface area contributed by atoms with Crippen LogP contribution in [0.1, 0.15) is 0 Å². The molecule has 0 aromatic heterocycles. The second-order valence-corrected chi connectivity index (χ2v) is 2.74. The maximum Gasteiger partial charge on any atom is 0.341 e. The van der Waals surface area contributed by atoms with Crippen molar-refractivity contribution < 1.29 is 14.7 Å². The Balaban J connectivity index is 3.94. The fraction of sp³-hybridized carbons (Fsp3) is 0.333. The number of hydrogen-bond acceptors (Lipinski definition) is 3. The summed E-state index contributed by atoms with van der Waals surface area (Å²) in [6, 6.07) is -0.555. The van der Waals surface area contributed by atoms with Gasteiger partial charge in [-0.05, 0) is 0 Å². The Morgan fingerprint density at radius 2 is 2.10 bits per heavy atom. The number of imide groups is 1. The molecule has 7 heteroatoms. The van der Waals surface area contributed by atoms with Crippen LogP contribution in [0.3, 0.4) is 0 Å². The van der Waals surface area contributed by atoms with Crippen molar-refractivity contribution in [2.24, 2.45) is 0 Å². The number of carbonyl (C=O) groups is 2. The maximum atomic E-state index is 10.6. The zero-order chi connectivity index (χ0) is 8.15. The van der Waals surface area contributed by atoms with Gasteiger partial charge in [0, 0.05) is 0 Å². The molecule has 10 heavy (non-hydrogen) atoms. The van der Waals surface area contributed by atoms with Gasteiger partial charge in [-0.25, -0.2) is 4.79 Å². The first-order chi connectivity index (χ1) is 4.63. The fourth-order valence-electron chi connectivity index (χ4n) is 0.212. The summed E-state index contributed by atoms with van der Waals surface area (Å²) < 4.78 is 2.97. The predicted octanol–water partition coefficient (Wildman–Crippen LogP) is 0.217. The first-order valence-corrected chi connectivity index (χ1v) is 4.18. The van der Waals surface area contributed by atoms with Crippen LogP contribution in [0.25, 0.3) is 0 Å². The number of urea groups is 1. The zero-order valence-electron chi connectivity index (χ0n) is 4.67. The van der Waals surface area contributed by atoms with E-state index in [9.17, 15) is 9.59 Å². The standard InChI is InChI=1S/C3H4I2N2O3/c4-6-3(10)7(5)2(9)1-8/h8H,1H2,(H,6,10). The molecule has 0 aromatic rings. The zero-order valence-corrected chi connectivity index (χ0v) is 8.99. The van der Waals surface area contributed by atoms with Crippen LogP contribution in [-0.4, -0.2) is 26.8 Å². The number of aliphatic hydroxyl groups is 1. The summed E-state index contributed by atoms with van der Waals surface area (Å²) in [6.45, 7) is -0.660. The Morgan fingerprint density at radius 1 is 1.60 bits per heavy atom. The number of carbonyl (C=O) groups excluding carboxylic acids is 2. The van der Waals surface area contributed by atoms with Gasteiger partial charge in [0.2, 0.25) is 0 Å². The SMILES string of the molecule is O=C(CO)N(I)C(=O)NI. The van der Waals surface area contributed by atoms with Crippen molar-refractivity contribution in [2.75, 3.05) is 6.61 Å². The Labute approximate surface area is 85.1 Å². The molecule has 0 aromatic carbocycles. The molecule has 0 aliphatic heterocycles. The van der Waals surface area contributed by atoms with Crippen LogP contribution in [0.2, 0.25) is 0 Å². The molecule has 5 nitrogen and oxygen atoms in total. The van der Waals surface area contributed by atoms with Crippen LogP contribution in [0.15, 0.2) is 0 Å². The molecule has 0 bridgehead atoms. The Hall–Kier alpha value is 0.360. The molecule has 0 unspecified atom stereocenters. The smallest absolute Gasteiger partial charge is 0.341 e. The molecule has 0 saturated heterocycles. The lowest BCUT2D eigenvalue weighted by Crippen LogP contribution is -2.34. The van der Waals surface area contributed by atoms with Crippen LogP contribution < -0.4 is 3.53 Å². The van der Waals surface area contributed by atoms with E-state index in [1.807, 2.05) is 0 Å². The third kappa shape index (κ3) is 2.96. The van der Waals surface area contributed by atoms with Crippen molar-refractivity contribution >= 4 is 57.7 Å². The summed E-state index contributed by atoms with van der Waals surface area (Å²) >= 11 is 3.10. The first-order valence-electron chi connectivity index (χ1n) is 2.13. The van der Waals surface area contributed by atoms with E-state index >= 15 is 0 Å². The largest absolute Gasteiger partial charge is 0.386 e. The van der Waals surface area contributed by atoms with Crippen LogP contribution >= 0.6 is 45.7 Å². The number of aliphatic hydroxyl groups excluding tert-OH is 1. The Bertz CT molecular complexity index is 135. The van der Waals surface area contributed by atoms with E-state index in [-0.39, 0.29) is 0 Å². The summed E-state index contributed by atoms with van der Waals surface area (Å²) in [5.74, 6) is -0.644. The Kier molecular flexibility index (Phi) is 5.25. The molecule has 0 fully saturated rings. The quantitative estimate of drug-likeness (QED) is 0.513. The minimum absolute atomic E-state index is 0.555. The van der Waals surface area contributed by atoms with Crippen molar-refractivity contribution in [3.63, 3.8) is 0 Å². The van der Waals surface area contributed by atoms with Crippen molar-refractivity contribution in [2.45, 2.75) is 0 Å². The molecular formula is C3H4I2N2O3. The molecule has 3 amide bonds. The lowest BCUT2D eigenvalue weighted by molar-refractivity contribution is -0.126. The Morgan fingerprint density at radius 3 is 2.40 bits per heavy atom. The van der Waals surface area contributed by atoms with E-state index < -0.39 is 18.5 Å². The number of hydrogen-bond donors (Lipinski definition) is 2. The van der Waals surface area contributed by atoms with Gasteiger partial charge >= 0.3 is 6.03 Å². The highest BCUT2D eigenvalue weighted by Gasteiger charge is 2.15. The molecule has 0 heterocycles.